The maximum Gasteiger partial charge on any atom is 0.225 e. The first-order valence-corrected chi connectivity index (χ1v) is 6.24. The minimum atomic E-state index is -0.376. The first-order valence-electron chi connectivity index (χ1n) is 5.45. The van der Waals surface area contributed by atoms with Gasteiger partial charge in [0, 0.05) is 22.0 Å². The molecule has 0 aliphatic heterocycles. The normalized spacial score (nSPS) is 11.1. The Morgan fingerprint density at radius 3 is 2.59 bits per heavy atom. The van der Waals surface area contributed by atoms with Crippen molar-refractivity contribution in [2.24, 2.45) is 5.41 Å². The lowest BCUT2D eigenvalue weighted by molar-refractivity contribution is -0.128. The van der Waals surface area contributed by atoms with Gasteiger partial charge >= 0.3 is 0 Å². The van der Waals surface area contributed by atoms with Crippen molar-refractivity contribution in [1.29, 1.82) is 0 Å². The number of nitrogens with one attached hydrogen (secondary N) is 1. The minimum Gasteiger partial charge on any atom is -0.496 e. The number of hydrogen-bond donors (Lipinski definition) is 1. The van der Waals surface area contributed by atoms with E-state index in [0.29, 0.717) is 6.54 Å². The average Bonchev–Trinajstić information content (AvgIpc) is 2.24. The fourth-order valence-electron chi connectivity index (χ4n) is 1.33. The summed E-state index contributed by atoms with van der Waals surface area (Å²) >= 11 is 3.40. The molecule has 0 fully saturated rings. The summed E-state index contributed by atoms with van der Waals surface area (Å²) in [7, 11) is 1.62. The monoisotopic (exact) mass is 299 g/mol. The van der Waals surface area contributed by atoms with Gasteiger partial charge in [-0.25, -0.2) is 0 Å². The topological polar surface area (TPSA) is 38.3 Å². The molecule has 94 valence electrons. The molecule has 0 saturated heterocycles. The fourth-order valence-corrected chi connectivity index (χ4v) is 1.73. The van der Waals surface area contributed by atoms with Crippen molar-refractivity contribution in [1.82, 2.24) is 5.32 Å². The summed E-state index contributed by atoms with van der Waals surface area (Å²) < 4.78 is 6.22. The molecule has 0 radical (unpaired) electrons. The molecule has 0 unspecified atom stereocenters. The standard InChI is InChI=1S/C13H18BrNO2/c1-13(2,3)12(16)15-8-9-7-10(14)5-6-11(9)17-4/h5-7H,8H2,1-4H3,(H,15,16). The van der Waals surface area contributed by atoms with Crippen LogP contribution in [0.5, 0.6) is 5.75 Å². The van der Waals surface area contributed by atoms with Gasteiger partial charge in [0.15, 0.2) is 0 Å². The summed E-state index contributed by atoms with van der Waals surface area (Å²) in [5.74, 6) is 0.807. The van der Waals surface area contributed by atoms with Crippen LogP contribution in [-0.2, 0) is 11.3 Å². The Hall–Kier alpha value is -1.03. The van der Waals surface area contributed by atoms with E-state index < -0.39 is 0 Å². The van der Waals surface area contributed by atoms with Crippen molar-refractivity contribution in [2.45, 2.75) is 27.3 Å². The minimum absolute atomic E-state index is 0.0273. The molecule has 1 amide bonds. The number of halogens is 1. The van der Waals surface area contributed by atoms with E-state index in [1.54, 1.807) is 7.11 Å². The third-order valence-electron chi connectivity index (χ3n) is 2.36. The summed E-state index contributed by atoms with van der Waals surface area (Å²) in [6, 6.07) is 5.73. The number of rotatable bonds is 3. The predicted molar refractivity (Wildman–Crippen MR) is 72.0 cm³/mol. The Bertz CT molecular complexity index is 410. The number of carbonyl (C=O) groups is 1. The lowest BCUT2D eigenvalue weighted by atomic mass is 9.95. The highest BCUT2D eigenvalue weighted by molar-refractivity contribution is 9.10. The quantitative estimate of drug-likeness (QED) is 0.931. The van der Waals surface area contributed by atoms with E-state index in [-0.39, 0.29) is 11.3 Å². The molecule has 1 aromatic carbocycles. The summed E-state index contributed by atoms with van der Waals surface area (Å²) in [5.41, 5.74) is 0.582. The second-order valence-electron chi connectivity index (χ2n) is 4.89. The van der Waals surface area contributed by atoms with E-state index in [0.717, 1.165) is 15.8 Å². The Morgan fingerprint density at radius 2 is 2.06 bits per heavy atom. The summed E-state index contributed by atoms with van der Waals surface area (Å²) in [5, 5.41) is 2.90. The molecule has 1 N–H and O–H groups in total. The van der Waals surface area contributed by atoms with Crippen molar-refractivity contribution < 1.29 is 9.53 Å². The summed E-state index contributed by atoms with van der Waals surface area (Å²) in [6.07, 6.45) is 0. The van der Waals surface area contributed by atoms with E-state index in [2.05, 4.69) is 21.2 Å². The second-order valence-corrected chi connectivity index (χ2v) is 5.80. The molecule has 0 heterocycles. The van der Waals surface area contributed by atoms with Crippen LogP contribution in [0.2, 0.25) is 0 Å². The van der Waals surface area contributed by atoms with Crippen LogP contribution >= 0.6 is 15.9 Å². The van der Waals surface area contributed by atoms with Gasteiger partial charge in [-0.2, -0.15) is 0 Å². The number of methoxy groups -OCH3 is 1. The van der Waals surface area contributed by atoms with E-state index in [1.165, 1.54) is 0 Å². The van der Waals surface area contributed by atoms with Crippen LogP contribution < -0.4 is 10.1 Å². The van der Waals surface area contributed by atoms with Gasteiger partial charge < -0.3 is 10.1 Å². The highest BCUT2D eigenvalue weighted by atomic mass is 79.9. The molecule has 0 atom stereocenters. The number of ether oxygens (including phenoxy) is 1. The lowest BCUT2D eigenvalue weighted by Gasteiger charge is -2.18. The van der Waals surface area contributed by atoms with Crippen molar-refractivity contribution >= 4 is 21.8 Å². The van der Waals surface area contributed by atoms with Gasteiger partial charge in [-0.1, -0.05) is 36.7 Å². The van der Waals surface area contributed by atoms with Crippen LogP contribution in [-0.4, -0.2) is 13.0 Å². The van der Waals surface area contributed by atoms with E-state index in [4.69, 9.17) is 4.74 Å². The highest BCUT2D eigenvalue weighted by Crippen LogP contribution is 2.23. The number of amides is 1. The molecule has 1 rings (SSSR count). The van der Waals surface area contributed by atoms with Crippen LogP contribution in [0, 0.1) is 5.41 Å². The van der Waals surface area contributed by atoms with E-state index >= 15 is 0 Å². The van der Waals surface area contributed by atoms with Crippen molar-refractivity contribution in [3.8, 4) is 5.75 Å². The van der Waals surface area contributed by atoms with Crippen LogP contribution in [0.1, 0.15) is 26.3 Å². The van der Waals surface area contributed by atoms with Crippen LogP contribution in [0.15, 0.2) is 22.7 Å². The molecule has 0 aliphatic carbocycles. The average molecular weight is 300 g/mol. The summed E-state index contributed by atoms with van der Waals surface area (Å²) in [6.45, 7) is 6.14. The van der Waals surface area contributed by atoms with Gasteiger partial charge in [0.25, 0.3) is 0 Å². The molecule has 1 aromatic rings. The van der Waals surface area contributed by atoms with E-state index in [1.807, 2.05) is 39.0 Å². The Labute approximate surface area is 111 Å². The van der Waals surface area contributed by atoms with Crippen LogP contribution in [0.4, 0.5) is 0 Å². The van der Waals surface area contributed by atoms with Crippen molar-refractivity contribution in [2.75, 3.05) is 7.11 Å². The second kappa shape index (κ2) is 5.54. The zero-order valence-electron chi connectivity index (χ0n) is 10.6. The van der Waals surface area contributed by atoms with Gasteiger partial charge in [0.05, 0.1) is 7.11 Å². The number of hydrogen-bond acceptors (Lipinski definition) is 2. The highest BCUT2D eigenvalue weighted by Gasteiger charge is 2.20. The molecule has 0 spiro atoms. The first-order chi connectivity index (χ1) is 7.84. The smallest absolute Gasteiger partial charge is 0.225 e. The Morgan fingerprint density at radius 1 is 1.41 bits per heavy atom. The summed E-state index contributed by atoms with van der Waals surface area (Å²) in [4.78, 5) is 11.8. The molecule has 0 bridgehead atoms. The molecule has 3 nitrogen and oxygen atoms in total. The molecule has 0 aromatic heterocycles. The van der Waals surface area contributed by atoms with Gasteiger partial charge in [0.1, 0.15) is 5.75 Å². The SMILES string of the molecule is COc1ccc(Br)cc1CNC(=O)C(C)(C)C. The third kappa shape index (κ3) is 4.04. The van der Waals surface area contributed by atoms with Gasteiger partial charge in [-0.15, -0.1) is 0 Å². The molecule has 4 heteroatoms. The Kier molecular flexibility index (Phi) is 4.57. The predicted octanol–water partition coefficient (Wildman–Crippen LogP) is 3.12. The maximum absolute atomic E-state index is 11.8. The Balaban J connectivity index is 2.75. The molecular formula is C13H18BrNO2. The molecule has 17 heavy (non-hydrogen) atoms. The zero-order valence-corrected chi connectivity index (χ0v) is 12.2. The lowest BCUT2D eigenvalue weighted by Crippen LogP contribution is -2.34. The molecule has 0 saturated carbocycles. The number of benzene rings is 1. The van der Waals surface area contributed by atoms with Crippen LogP contribution in [0.3, 0.4) is 0 Å². The van der Waals surface area contributed by atoms with Gasteiger partial charge in [0.2, 0.25) is 5.91 Å². The first kappa shape index (κ1) is 14.0. The van der Waals surface area contributed by atoms with Crippen molar-refractivity contribution in [3.63, 3.8) is 0 Å². The fraction of sp³-hybridized carbons (Fsp3) is 0.462. The third-order valence-corrected chi connectivity index (χ3v) is 2.86. The maximum atomic E-state index is 11.8. The molecule has 0 aliphatic rings. The van der Waals surface area contributed by atoms with Crippen molar-refractivity contribution in [3.05, 3.63) is 28.2 Å². The van der Waals surface area contributed by atoms with E-state index in [9.17, 15) is 4.79 Å². The van der Waals surface area contributed by atoms with Crippen LogP contribution in [0.25, 0.3) is 0 Å². The van der Waals surface area contributed by atoms with Gasteiger partial charge in [-0.3, -0.25) is 4.79 Å². The largest absolute Gasteiger partial charge is 0.496 e. The number of carbonyl (C=O) groups excluding carboxylic acids is 1. The molecular weight excluding hydrogens is 282 g/mol. The van der Waals surface area contributed by atoms with Gasteiger partial charge in [-0.05, 0) is 18.2 Å². The zero-order chi connectivity index (χ0) is 13.1.